The molecule has 0 atom stereocenters. The van der Waals surface area contributed by atoms with Gasteiger partial charge < -0.3 is 10.6 Å². The Hall–Kier alpha value is -2.75. The zero-order valence-electron chi connectivity index (χ0n) is 15.0. The topological polar surface area (TPSA) is 116 Å². The Balaban J connectivity index is 1.78. The average molecular weight is 420 g/mol. The summed E-state index contributed by atoms with van der Waals surface area (Å²) in [6.45, 7) is 2.17. The second-order valence-corrected chi connectivity index (χ2v) is 7.42. The van der Waals surface area contributed by atoms with Crippen molar-refractivity contribution in [3.05, 3.63) is 46.1 Å². The van der Waals surface area contributed by atoms with Crippen molar-refractivity contribution in [1.29, 1.82) is 0 Å². The first kappa shape index (κ1) is 20.0. The van der Waals surface area contributed by atoms with Crippen molar-refractivity contribution in [2.45, 2.75) is 19.8 Å². The Labute approximate surface area is 169 Å². The molecule has 10 heteroatoms. The van der Waals surface area contributed by atoms with Crippen molar-refractivity contribution >= 4 is 56.5 Å². The number of rotatable bonds is 7. The Bertz CT molecular complexity index is 1010. The molecule has 0 unspecified atom stereocenters. The van der Waals surface area contributed by atoms with Crippen LogP contribution in [-0.4, -0.2) is 33.5 Å². The third-order valence-corrected chi connectivity index (χ3v) is 5.48. The molecule has 8 nitrogen and oxygen atoms in total. The fraction of sp³-hybridized carbons (Fsp3) is 0.222. The molecule has 1 aromatic carbocycles. The molecule has 3 aromatic rings. The minimum absolute atomic E-state index is 0.128. The molecule has 2 aromatic heterocycles. The normalized spacial score (nSPS) is 10.7. The van der Waals surface area contributed by atoms with Gasteiger partial charge in [0.15, 0.2) is 0 Å². The largest absolute Gasteiger partial charge is 0.351 e. The Morgan fingerprint density at radius 3 is 2.68 bits per heavy atom. The second kappa shape index (κ2) is 8.96. The minimum Gasteiger partial charge on any atom is -0.351 e. The highest BCUT2D eigenvalue weighted by molar-refractivity contribution is 7.20. The summed E-state index contributed by atoms with van der Waals surface area (Å²) in [5.41, 5.74) is 3.16. The number of amides is 2. The maximum atomic E-state index is 12.5. The molecule has 0 saturated carbocycles. The molecule has 4 N–H and O–H groups in total. The Morgan fingerprint density at radius 1 is 1.21 bits per heavy atom. The van der Waals surface area contributed by atoms with Crippen molar-refractivity contribution < 1.29 is 14.8 Å². The molecule has 0 aliphatic rings. The molecule has 2 amide bonds. The number of nitrogens with zero attached hydrogens (tertiary/aromatic N) is 2. The quantitative estimate of drug-likeness (QED) is 0.265. The lowest BCUT2D eigenvalue weighted by Gasteiger charge is -2.07. The van der Waals surface area contributed by atoms with E-state index >= 15 is 0 Å². The monoisotopic (exact) mass is 419 g/mol. The number of hydroxylamine groups is 1. The third kappa shape index (κ3) is 4.56. The number of hydrogen-bond acceptors (Lipinski definition) is 7. The van der Waals surface area contributed by atoms with Gasteiger partial charge in [0.25, 0.3) is 5.91 Å². The van der Waals surface area contributed by atoms with Gasteiger partial charge >= 0.3 is 0 Å². The summed E-state index contributed by atoms with van der Waals surface area (Å²) < 4.78 is 0. The zero-order valence-corrected chi connectivity index (χ0v) is 16.5. The van der Waals surface area contributed by atoms with Crippen LogP contribution < -0.4 is 16.1 Å². The number of aryl methyl sites for hydroxylation is 1. The Morgan fingerprint density at radius 2 is 1.96 bits per heavy atom. The van der Waals surface area contributed by atoms with Gasteiger partial charge in [-0.15, -0.1) is 11.3 Å². The fourth-order valence-corrected chi connectivity index (χ4v) is 3.83. The molecule has 28 heavy (non-hydrogen) atoms. The molecule has 0 bridgehead atoms. The van der Waals surface area contributed by atoms with Crippen LogP contribution >= 0.6 is 22.9 Å². The average Bonchev–Trinajstić information content (AvgIpc) is 3.04. The van der Waals surface area contributed by atoms with Gasteiger partial charge in [0.1, 0.15) is 17.0 Å². The number of fused-ring (bicyclic) bond motifs is 1. The lowest BCUT2D eigenvalue weighted by molar-refractivity contribution is -0.129. The van der Waals surface area contributed by atoms with E-state index in [4.69, 9.17) is 16.8 Å². The molecule has 146 valence electrons. The van der Waals surface area contributed by atoms with Crippen LogP contribution in [0.15, 0.2) is 30.6 Å². The van der Waals surface area contributed by atoms with Gasteiger partial charge in [-0.1, -0.05) is 11.6 Å². The van der Waals surface area contributed by atoms with Gasteiger partial charge in [-0.25, -0.2) is 15.4 Å². The van der Waals surface area contributed by atoms with E-state index in [1.54, 1.807) is 17.6 Å². The maximum absolute atomic E-state index is 12.5. The highest BCUT2D eigenvalue weighted by Crippen LogP contribution is 2.34. The van der Waals surface area contributed by atoms with Crippen molar-refractivity contribution in [2.24, 2.45) is 0 Å². The molecule has 0 radical (unpaired) electrons. The molecule has 0 fully saturated rings. The highest BCUT2D eigenvalue weighted by Gasteiger charge is 2.19. The first-order chi connectivity index (χ1) is 13.5. The van der Waals surface area contributed by atoms with Crippen LogP contribution in [0.25, 0.3) is 10.2 Å². The molecule has 2 heterocycles. The summed E-state index contributed by atoms with van der Waals surface area (Å²) in [5, 5.41) is 15.9. The molecule has 0 saturated heterocycles. The van der Waals surface area contributed by atoms with Gasteiger partial charge in [-0.05, 0) is 43.2 Å². The number of hydrogen-bond donors (Lipinski definition) is 4. The molecule has 0 aliphatic heterocycles. The predicted molar refractivity (Wildman–Crippen MR) is 108 cm³/mol. The van der Waals surface area contributed by atoms with Gasteiger partial charge in [-0.2, -0.15) is 0 Å². The minimum atomic E-state index is -0.486. The van der Waals surface area contributed by atoms with Gasteiger partial charge in [0, 0.05) is 23.7 Å². The lowest BCUT2D eigenvalue weighted by atomic mass is 10.2. The van der Waals surface area contributed by atoms with E-state index in [2.05, 4.69) is 20.6 Å². The molecular weight excluding hydrogens is 402 g/mol. The van der Waals surface area contributed by atoms with Crippen molar-refractivity contribution in [3.63, 3.8) is 0 Å². The Kier molecular flexibility index (Phi) is 6.40. The van der Waals surface area contributed by atoms with Crippen LogP contribution in [0.3, 0.4) is 0 Å². The van der Waals surface area contributed by atoms with Crippen LogP contribution in [0.2, 0.25) is 5.02 Å². The van der Waals surface area contributed by atoms with Crippen LogP contribution in [0, 0.1) is 6.92 Å². The molecule has 0 aliphatic carbocycles. The number of thiophene rings is 1. The fourth-order valence-electron chi connectivity index (χ4n) is 2.64. The van der Waals surface area contributed by atoms with Gasteiger partial charge in [-0.3, -0.25) is 14.8 Å². The van der Waals surface area contributed by atoms with Crippen LogP contribution in [0.1, 0.15) is 28.1 Å². The first-order valence-corrected chi connectivity index (χ1v) is 9.67. The van der Waals surface area contributed by atoms with E-state index in [1.807, 2.05) is 19.1 Å². The van der Waals surface area contributed by atoms with Gasteiger partial charge in [0.05, 0.1) is 10.3 Å². The molecular formula is C18H18ClN5O3S. The summed E-state index contributed by atoms with van der Waals surface area (Å²) in [5.74, 6) is -0.109. The number of carbonyl (C=O) groups excluding carboxylic acids is 2. The highest BCUT2D eigenvalue weighted by atomic mass is 35.5. The van der Waals surface area contributed by atoms with Crippen molar-refractivity contribution in [1.82, 2.24) is 20.8 Å². The number of benzene rings is 1. The number of nitrogens with one attached hydrogen (secondary N) is 3. The number of aromatic nitrogens is 2. The number of anilines is 2. The van der Waals surface area contributed by atoms with Crippen LogP contribution in [-0.2, 0) is 4.79 Å². The third-order valence-electron chi connectivity index (χ3n) is 4.03. The SMILES string of the molecule is Cc1c(C(=O)NCCCC(=O)NO)sc2ncnc(Nc3ccc(Cl)cc3)c12. The van der Waals surface area contributed by atoms with E-state index in [0.717, 1.165) is 16.6 Å². The number of carbonyl (C=O) groups is 2. The van der Waals surface area contributed by atoms with E-state index in [-0.39, 0.29) is 12.3 Å². The zero-order chi connectivity index (χ0) is 20.1. The maximum Gasteiger partial charge on any atom is 0.261 e. The van der Waals surface area contributed by atoms with E-state index in [1.165, 1.54) is 17.7 Å². The van der Waals surface area contributed by atoms with Crippen molar-refractivity contribution in [3.8, 4) is 0 Å². The number of halogens is 1. The second-order valence-electron chi connectivity index (χ2n) is 5.98. The summed E-state index contributed by atoms with van der Waals surface area (Å²) in [6, 6.07) is 7.24. The van der Waals surface area contributed by atoms with E-state index < -0.39 is 5.91 Å². The van der Waals surface area contributed by atoms with E-state index in [9.17, 15) is 9.59 Å². The molecule has 0 spiro atoms. The predicted octanol–water partition coefficient (Wildman–Crippen LogP) is 3.41. The van der Waals surface area contributed by atoms with Crippen LogP contribution in [0.4, 0.5) is 11.5 Å². The summed E-state index contributed by atoms with van der Waals surface area (Å²) in [4.78, 5) is 33.4. The molecule has 3 rings (SSSR count). The van der Waals surface area contributed by atoms with Gasteiger partial charge in [0.2, 0.25) is 5.91 Å². The summed E-state index contributed by atoms with van der Waals surface area (Å²) in [7, 11) is 0. The lowest BCUT2D eigenvalue weighted by Crippen LogP contribution is -2.26. The summed E-state index contributed by atoms with van der Waals surface area (Å²) in [6.07, 6.45) is 2.00. The van der Waals surface area contributed by atoms with E-state index in [0.29, 0.717) is 33.5 Å². The summed E-state index contributed by atoms with van der Waals surface area (Å²) >= 11 is 7.20. The first-order valence-electron chi connectivity index (χ1n) is 8.47. The smallest absolute Gasteiger partial charge is 0.261 e. The standard InChI is InChI=1S/C18H18ClN5O3S/c1-10-14-16(23-12-6-4-11(19)5-7-12)21-9-22-18(14)28-15(10)17(26)20-8-2-3-13(25)24-27/h4-7,9,27H,2-3,8H2,1H3,(H,20,26)(H,24,25)(H,21,22,23). The van der Waals surface area contributed by atoms with Crippen LogP contribution in [0.5, 0.6) is 0 Å². The van der Waals surface area contributed by atoms with Crippen molar-refractivity contribution in [2.75, 3.05) is 11.9 Å².